The second-order valence-electron chi connectivity index (χ2n) is 7.10. The molecule has 29 heavy (non-hydrogen) atoms. The van der Waals surface area contributed by atoms with Crippen molar-refractivity contribution in [3.8, 4) is 0 Å². The first-order valence-corrected chi connectivity index (χ1v) is 12.1. The maximum absolute atomic E-state index is 12.8. The smallest absolute Gasteiger partial charge is 0.235 e. The number of rotatable bonds is 6. The minimum atomic E-state index is -3.28. The maximum Gasteiger partial charge on any atom is 0.235 e. The predicted octanol–water partition coefficient (Wildman–Crippen LogP) is 4.10. The van der Waals surface area contributed by atoms with Crippen LogP contribution in [0, 0.1) is 0 Å². The molecule has 4 rings (SSSR count). The molecular formula is C21H23N3O3S2. The summed E-state index contributed by atoms with van der Waals surface area (Å²) in [6.07, 6.45) is 5.74. The number of hydrogen-bond acceptors (Lipinski definition) is 4. The first-order valence-electron chi connectivity index (χ1n) is 9.58. The molecule has 0 spiro atoms. The van der Waals surface area contributed by atoms with E-state index in [1.165, 1.54) is 4.31 Å². The summed E-state index contributed by atoms with van der Waals surface area (Å²) in [5, 5.41) is 6.99. The van der Waals surface area contributed by atoms with Crippen LogP contribution in [-0.2, 0) is 14.8 Å². The fourth-order valence-electron chi connectivity index (χ4n) is 3.62. The third-order valence-corrected chi connectivity index (χ3v) is 7.63. The third-order valence-electron chi connectivity index (χ3n) is 5.06. The van der Waals surface area contributed by atoms with E-state index in [1.807, 2.05) is 40.5 Å². The SMILES string of the molecule is O=C(CC(c1ccsc1)n1cccc1)Nc1cccc(N2CCCCS2(=O)=O)c1. The maximum atomic E-state index is 12.8. The lowest BCUT2D eigenvalue weighted by atomic mass is 10.1. The second-order valence-corrected chi connectivity index (χ2v) is 9.89. The molecular weight excluding hydrogens is 406 g/mol. The molecule has 1 unspecified atom stereocenters. The Balaban J connectivity index is 1.50. The Bertz CT molecular complexity index is 1030. The molecule has 6 nitrogen and oxygen atoms in total. The van der Waals surface area contributed by atoms with Gasteiger partial charge < -0.3 is 9.88 Å². The first kappa shape index (κ1) is 19.7. The van der Waals surface area contributed by atoms with Crippen molar-refractivity contribution in [2.75, 3.05) is 21.9 Å². The summed E-state index contributed by atoms with van der Waals surface area (Å²) < 4.78 is 28.2. The number of thiophene rings is 1. The van der Waals surface area contributed by atoms with Gasteiger partial charge in [-0.15, -0.1) is 0 Å². The lowest BCUT2D eigenvalue weighted by Crippen LogP contribution is -2.37. The van der Waals surface area contributed by atoms with Gasteiger partial charge in [-0.25, -0.2) is 8.42 Å². The lowest BCUT2D eigenvalue weighted by Gasteiger charge is -2.28. The molecule has 3 heterocycles. The predicted molar refractivity (Wildman–Crippen MR) is 117 cm³/mol. The number of sulfonamides is 1. The van der Waals surface area contributed by atoms with Crippen LogP contribution in [0.15, 0.2) is 65.6 Å². The summed E-state index contributed by atoms with van der Waals surface area (Å²) in [5.41, 5.74) is 2.29. The molecule has 152 valence electrons. The van der Waals surface area contributed by atoms with Gasteiger partial charge in [0.05, 0.1) is 23.9 Å². The number of amides is 1. The summed E-state index contributed by atoms with van der Waals surface area (Å²) in [7, 11) is -3.28. The molecule has 0 aliphatic carbocycles. The van der Waals surface area contributed by atoms with E-state index in [2.05, 4.69) is 10.7 Å². The van der Waals surface area contributed by atoms with Crippen LogP contribution in [0.25, 0.3) is 0 Å². The average molecular weight is 430 g/mol. The zero-order valence-electron chi connectivity index (χ0n) is 15.9. The molecule has 1 amide bonds. The molecule has 1 N–H and O–H groups in total. The zero-order chi connectivity index (χ0) is 20.3. The minimum Gasteiger partial charge on any atom is -0.346 e. The molecule has 1 saturated heterocycles. The van der Waals surface area contributed by atoms with E-state index >= 15 is 0 Å². The van der Waals surface area contributed by atoms with Crippen LogP contribution in [-0.4, -0.2) is 31.2 Å². The summed E-state index contributed by atoms with van der Waals surface area (Å²) in [6.45, 7) is 0.480. The van der Waals surface area contributed by atoms with Crippen molar-refractivity contribution < 1.29 is 13.2 Å². The van der Waals surface area contributed by atoms with E-state index in [9.17, 15) is 13.2 Å². The summed E-state index contributed by atoms with van der Waals surface area (Å²) in [6, 6.07) is 12.9. The van der Waals surface area contributed by atoms with Gasteiger partial charge in [-0.3, -0.25) is 9.10 Å². The van der Waals surface area contributed by atoms with Gasteiger partial charge in [-0.2, -0.15) is 11.3 Å². The van der Waals surface area contributed by atoms with Crippen molar-refractivity contribution in [1.82, 2.24) is 4.57 Å². The molecule has 1 atom stereocenters. The summed E-state index contributed by atoms with van der Waals surface area (Å²) >= 11 is 1.61. The monoisotopic (exact) mass is 429 g/mol. The number of nitrogens with zero attached hydrogens (tertiary/aromatic N) is 2. The fourth-order valence-corrected chi connectivity index (χ4v) is 5.96. The van der Waals surface area contributed by atoms with Crippen LogP contribution in [0.2, 0.25) is 0 Å². The molecule has 3 aromatic rings. The van der Waals surface area contributed by atoms with Gasteiger partial charge >= 0.3 is 0 Å². The van der Waals surface area contributed by atoms with Crippen molar-refractivity contribution in [1.29, 1.82) is 0 Å². The highest BCUT2D eigenvalue weighted by atomic mass is 32.2. The molecule has 0 radical (unpaired) electrons. The van der Waals surface area contributed by atoms with Crippen LogP contribution in [0.4, 0.5) is 11.4 Å². The van der Waals surface area contributed by atoms with Gasteiger partial charge in [0.1, 0.15) is 0 Å². The third kappa shape index (κ3) is 4.54. The fraction of sp³-hybridized carbons (Fsp3) is 0.286. The topological polar surface area (TPSA) is 71.4 Å². The highest BCUT2D eigenvalue weighted by molar-refractivity contribution is 7.92. The quantitative estimate of drug-likeness (QED) is 0.641. The standard InChI is InChI=1S/C21H23N3O3S2/c25-21(15-20(17-8-12-28-16-17)23-9-1-2-10-23)22-18-6-5-7-19(14-18)24-11-3-4-13-29(24,26)27/h1-2,5-10,12,14,16,20H,3-4,11,13,15H2,(H,22,25). The van der Waals surface area contributed by atoms with E-state index in [-0.39, 0.29) is 24.1 Å². The van der Waals surface area contributed by atoms with Gasteiger partial charge in [0.2, 0.25) is 15.9 Å². The first-order chi connectivity index (χ1) is 14.0. The van der Waals surface area contributed by atoms with Crippen LogP contribution in [0.5, 0.6) is 0 Å². The lowest BCUT2D eigenvalue weighted by molar-refractivity contribution is -0.116. The van der Waals surface area contributed by atoms with Crippen molar-refractivity contribution in [3.05, 3.63) is 71.2 Å². The Kier molecular flexibility index (Phi) is 5.73. The Morgan fingerprint density at radius 3 is 2.69 bits per heavy atom. The Hall–Kier alpha value is -2.58. The molecule has 1 aliphatic rings. The van der Waals surface area contributed by atoms with Crippen LogP contribution in [0.3, 0.4) is 0 Å². The molecule has 1 fully saturated rings. The van der Waals surface area contributed by atoms with E-state index in [0.29, 0.717) is 24.3 Å². The Labute approximate surface area is 174 Å². The largest absolute Gasteiger partial charge is 0.346 e. The van der Waals surface area contributed by atoms with Crippen LogP contribution < -0.4 is 9.62 Å². The molecule has 8 heteroatoms. The zero-order valence-corrected chi connectivity index (χ0v) is 17.5. The van der Waals surface area contributed by atoms with Gasteiger partial charge in [0, 0.05) is 24.6 Å². The van der Waals surface area contributed by atoms with Crippen molar-refractivity contribution in [2.45, 2.75) is 25.3 Å². The number of hydrogen-bond donors (Lipinski definition) is 1. The number of carbonyl (C=O) groups excluding carboxylic acids is 1. The Morgan fingerprint density at radius 1 is 1.14 bits per heavy atom. The second kappa shape index (κ2) is 8.42. The van der Waals surface area contributed by atoms with E-state index in [4.69, 9.17) is 0 Å². The van der Waals surface area contributed by atoms with Gasteiger partial charge in [0.25, 0.3) is 0 Å². The van der Waals surface area contributed by atoms with Crippen molar-refractivity contribution >= 4 is 38.6 Å². The summed E-state index contributed by atoms with van der Waals surface area (Å²) in [5.74, 6) is 0.0523. The van der Waals surface area contributed by atoms with Gasteiger partial charge in [0.15, 0.2) is 0 Å². The number of benzene rings is 1. The van der Waals surface area contributed by atoms with Gasteiger partial charge in [-0.05, 0) is 65.6 Å². The van der Waals surface area contributed by atoms with Crippen LogP contribution >= 0.6 is 11.3 Å². The minimum absolute atomic E-state index is 0.0816. The molecule has 0 bridgehead atoms. The van der Waals surface area contributed by atoms with Gasteiger partial charge in [-0.1, -0.05) is 6.07 Å². The normalized spacial score (nSPS) is 17.0. The van der Waals surface area contributed by atoms with Crippen molar-refractivity contribution in [2.24, 2.45) is 0 Å². The molecule has 2 aromatic heterocycles. The summed E-state index contributed by atoms with van der Waals surface area (Å²) in [4.78, 5) is 12.8. The number of nitrogens with one attached hydrogen (secondary N) is 1. The number of aromatic nitrogens is 1. The molecule has 1 aromatic carbocycles. The molecule has 0 saturated carbocycles. The van der Waals surface area contributed by atoms with E-state index in [0.717, 1.165) is 12.0 Å². The van der Waals surface area contributed by atoms with Crippen molar-refractivity contribution in [3.63, 3.8) is 0 Å². The van der Waals surface area contributed by atoms with Crippen LogP contribution in [0.1, 0.15) is 30.9 Å². The highest BCUT2D eigenvalue weighted by Gasteiger charge is 2.26. The highest BCUT2D eigenvalue weighted by Crippen LogP contribution is 2.28. The average Bonchev–Trinajstić information content (AvgIpc) is 3.40. The van der Waals surface area contributed by atoms with E-state index in [1.54, 1.807) is 35.6 Å². The number of anilines is 2. The number of carbonyl (C=O) groups is 1. The van der Waals surface area contributed by atoms with E-state index < -0.39 is 10.0 Å². The molecule has 1 aliphatic heterocycles. The Morgan fingerprint density at radius 2 is 1.97 bits per heavy atom.